The highest BCUT2D eigenvalue weighted by molar-refractivity contribution is 6.31. The van der Waals surface area contributed by atoms with Crippen molar-refractivity contribution < 1.29 is 0 Å². The Morgan fingerprint density at radius 1 is 1.44 bits per heavy atom. The molecule has 0 aromatic heterocycles. The number of anilines is 1. The Kier molecular flexibility index (Phi) is 4.90. The number of nitrogens with zero attached hydrogens (tertiary/aromatic N) is 1. The first kappa shape index (κ1) is 13.7. The van der Waals surface area contributed by atoms with Gasteiger partial charge in [-0.2, -0.15) is 0 Å². The molecule has 0 spiro atoms. The summed E-state index contributed by atoms with van der Waals surface area (Å²) in [6.45, 7) is 5.57. The molecule has 0 aliphatic carbocycles. The monoisotopic (exact) mass is 266 g/mol. The Bertz CT molecular complexity index is 392. The van der Waals surface area contributed by atoms with E-state index in [4.69, 9.17) is 11.6 Å². The Morgan fingerprint density at radius 2 is 2.28 bits per heavy atom. The van der Waals surface area contributed by atoms with Crippen LogP contribution in [-0.2, 0) is 0 Å². The van der Waals surface area contributed by atoms with Crippen molar-refractivity contribution in [3.05, 3.63) is 28.8 Å². The van der Waals surface area contributed by atoms with Gasteiger partial charge >= 0.3 is 0 Å². The minimum absolute atomic E-state index is 0.810. The normalized spacial score (nSPS) is 20.2. The Morgan fingerprint density at radius 3 is 3.06 bits per heavy atom. The Labute approximate surface area is 115 Å². The largest absolute Gasteiger partial charge is 0.371 e. The number of piperidine rings is 1. The molecular weight excluding hydrogens is 244 g/mol. The van der Waals surface area contributed by atoms with Gasteiger partial charge in [-0.1, -0.05) is 17.7 Å². The van der Waals surface area contributed by atoms with Gasteiger partial charge in [0.1, 0.15) is 0 Å². The van der Waals surface area contributed by atoms with Gasteiger partial charge in [0.15, 0.2) is 0 Å². The molecule has 1 aliphatic heterocycles. The molecule has 1 unspecified atom stereocenters. The molecule has 1 heterocycles. The summed E-state index contributed by atoms with van der Waals surface area (Å²) >= 11 is 6.22. The minimum atomic E-state index is 0.810. The lowest BCUT2D eigenvalue weighted by molar-refractivity contribution is 0.387. The van der Waals surface area contributed by atoms with Gasteiger partial charge in [-0.25, -0.2) is 0 Å². The molecule has 1 aliphatic rings. The lowest BCUT2D eigenvalue weighted by Crippen LogP contribution is -2.36. The summed E-state index contributed by atoms with van der Waals surface area (Å²) in [7, 11) is 2.03. The zero-order chi connectivity index (χ0) is 13.0. The summed E-state index contributed by atoms with van der Waals surface area (Å²) in [5, 5.41) is 4.13. The molecule has 1 atom stereocenters. The van der Waals surface area contributed by atoms with Crippen molar-refractivity contribution in [2.24, 2.45) is 5.92 Å². The van der Waals surface area contributed by atoms with E-state index in [1.165, 1.54) is 37.1 Å². The van der Waals surface area contributed by atoms with E-state index in [0.717, 1.165) is 24.0 Å². The average molecular weight is 267 g/mol. The van der Waals surface area contributed by atoms with Crippen molar-refractivity contribution >= 4 is 17.3 Å². The predicted octanol–water partition coefficient (Wildman–Crippen LogP) is 3.47. The van der Waals surface area contributed by atoms with Crippen LogP contribution >= 0.6 is 11.6 Å². The number of benzene rings is 1. The van der Waals surface area contributed by atoms with Crippen molar-refractivity contribution in [3.63, 3.8) is 0 Å². The van der Waals surface area contributed by atoms with Gasteiger partial charge in [0.2, 0.25) is 0 Å². The second-order valence-corrected chi connectivity index (χ2v) is 5.64. The maximum Gasteiger partial charge on any atom is 0.0455 e. The van der Waals surface area contributed by atoms with E-state index >= 15 is 0 Å². The molecule has 0 saturated carbocycles. The fraction of sp³-hybridized carbons (Fsp3) is 0.600. The molecule has 1 aromatic carbocycles. The van der Waals surface area contributed by atoms with Gasteiger partial charge in [0.05, 0.1) is 0 Å². The second kappa shape index (κ2) is 6.44. The van der Waals surface area contributed by atoms with Crippen LogP contribution in [0.25, 0.3) is 0 Å². The molecule has 2 nitrogen and oxygen atoms in total. The van der Waals surface area contributed by atoms with Crippen molar-refractivity contribution in [2.45, 2.75) is 26.2 Å². The molecular formula is C15H23ClN2. The molecule has 0 radical (unpaired) electrons. The Hall–Kier alpha value is -0.730. The SMILES string of the molecule is CNCCC1CCCN(c2cccc(Cl)c2C)C1. The van der Waals surface area contributed by atoms with Crippen LogP contribution in [0.5, 0.6) is 0 Å². The van der Waals surface area contributed by atoms with E-state index in [1.54, 1.807) is 0 Å². The third kappa shape index (κ3) is 3.18. The fourth-order valence-electron chi connectivity index (χ4n) is 2.81. The smallest absolute Gasteiger partial charge is 0.0455 e. The molecule has 2 rings (SSSR count). The first-order chi connectivity index (χ1) is 8.72. The van der Waals surface area contributed by atoms with Crippen LogP contribution in [0.3, 0.4) is 0 Å². The summed E-state index contributed by atoms with van der Waals surface area (Å²) < 4.78 is 0. The summed E-state index contributed by atoms with van der Waals surface area (Å²) in [6.07, 6.45) is 3.92. The van der Waals surface area contributed by atoms with E-state index in [-0.39, 0.29) is 0 Å². The second-order valence-electron chi connectivity index (χ2n) is 5.23. The number of hydrogen-bond acceptors (Lipinski definition) is 2. The summed E-state index contributed by atoms with van der Waals surface area (Å²) in [5.74, 6) is 0.810. The van der Waals surface area contributed by atoms with Crippen molar-refractivity contribution in [1.82, 2.24) is 5.32 Å². The molecule has 0 bridgehead atoms. The van der Waals surface area contributed by atoms with Crippen LogP contribution in [-0.4, -0.2) is 26.7 Å². The predicted molar refractivity (Wildman–Crippen MR) is 79.7 cm³/mol. The molecule has 1 fully saturated rings. The van der Waals surface area contributed by atoms with E-state index in [9.17, 15) is 0 Å². The minimum Gasteiger partial charge on any atom is -0.371 e. The van der Waals surface area contributed by atoms with Crippen molar-refractivity contribution in [3.8, 4) is 0 Å². The van der Waals surface area contributed by atoms with Crippen LogP contribution in [0.2, 0.25) is 5.02 Å². The standard InChI is InChI=1S/C15H23ClN2/c1-12-14(16)6-3-7-15(12)18-10-4-5-13(11-18)8-9-17-2/h3,6-7,13,17H,4-5,8-11H2,1-2H3. The number of nitrogens with one attached hydrogen (secondary N) is 1. The highest BCUT2D eigenvalue weighted by atomic mass is 35.5. The summed E-state index contributed by atoms with van der Waals surface area (Å²) in [6, 6.07) is 6.23. The molecule has 1 N–H and O–H groups in total. The van der Waals surface area contributed by atoms with Crippen LogP contribution in [0.1, 0.15) is 24.8 Å². The zero-order valence-corrected chi connectivity index (χ0v) is 12.1. The van der Waals surface area contributed by atoms with Crippen molar-refractivity contribution in [2.75, 3.05) is 31.6 Å². The first-order valence-corrected chi connectivity index (χ1v) is 7.25. The van der Waals surface area contributed by atoms with E-state index in [1.807, 2.05) is 13.1 Å². The fourth-order valence-corrected chi connectivity index (χ4v) is 2.98. The molecule has 3 heteroatoms. The van der Waals surface area contributed by atoms with Crippen LogP contribution < -0.4 is 10.2 Å². The molecule has 1 aromatic rings. The van der Waals surface area contributed by atoms with Gasteiger partial charge in [0.25, 0.3) is 0 Å². The first-order valence-electron chi connectivity index (χ1n) is 6.87. The van der Waals surface area contributed by atoms with Crippen LogP contribution in [0.4, 0.5) is 5.69 Å². The Balaban J connectivity index is 2.06. The lowest BCUT2D eigenvalue weighted by atomic mass is 9.94. The molecule has 100 valence electrons. The molecule has 1 saturated heterocycles. The third-order valence-electron chi connectivity index (χ3n) is 3.90. The van der Waals surface area contributed by atoms with Gasteiger partial charge in [0, 0.05) is 23.8 Å². The quantitative estimate of drug-likeness (QED) is 0.898. The lowest BCUT2D eigenvalue weighted by Gasteiger charge is -2.35. The maximum atomic E-state index is 6.22. The van der Waals surface area contributed by atoms with Gasteiger partial charge in [-0.15, -0.1) is 0 Å². The summed E-state index contributed by atoms with van der Waals surface area (Å²) in [4.78, 5) is 2.50. The van der Waals surface area contributed by atoms with Crippen LogP contribution in [0, 0.1) is 12.8 Å². The third-order valence-corrected chi connectivity index (χ3v) is 4.31. The van der Waals surface area contributed by atoms with E-state index in [2.05, 4.69) is 29.3 Å². The molecule has 18 heavy (non-hydrogen) atoms. The molecule has 0 amide bonds. The maximum absolute atomic E-state index is 6.22. The van der Waals surface area contributed by atoms with E-state index < -0.39 is 0 Å². The summed E-state index contributed by atoms with van der Waals surface area (Å²) in [5.41, 5.74) is 2.53. The zero-order valence-electron chi connectivity index (χ0n) is 11.4. The van der Waals surface area contributed by atoms with Crippen molar-refractivity contribution in [1.29, 1.82) is 0 Å². The topological polar surface area (TPSA) is 15.3 Å². The number of halogens is 1. The number of rotatable bonds is 4. The average Bonchev–Trinajstić information content (AvgIpc) is 2.40. The van der Waals surface area contributed by atoms with E-state index in [0.29, 0.717) is 0 Å². The van der Waals surface area contributed by atoms with Gasteiger partial charge < -0.3 is 10.2 Å². The number of hydrogen-bond donors (Lipinski definition) is 1. The van der Waals surface area contributed by atoms with Gasteiger partial charge in [-0.05, 0) is 63.4 Å². The highest BCUT2D eigenvalue weighted by Gasteiger charge is 2.21. The highest BCUT2D eigenvalue weighted by Crippen LogP contribution is 2.30. The van der Waals surface area contributed by atoms with Gasteiger partial charge in [-0.3, -0.25) is 0 Å². The van der Waals surface area contributed by atoms with Crippen LogP contribution in [0.15, 0.2) is 18.2 Å².